The lowest BCUT2D eigenvalue weighted by atomic mass is 9.77. The molecule has 0 spiro atoms. The van der Waals surface area contributed by atoms with E-state index in [1.165, 1.54) is 44.2 Å². The third kappa shape index (κ3) is 4.23. The highest BCUT2D eigenvalue weighted by atomic mass is 31.2. The fourth-order valence-electron chi connectivity index (χ4n) is 3.64. The molecular weight excluding hydrogens is 223 g/mol. The van der Waals surface area contributed by atoms with E-state index in [2.05, 4.69) is 34.6 Å². The lowest BCUT2D eigenvalue weighted by Crippen LogP contribution is -2.23. The van der Waals surface area contributed by atoms with Crippen LogP contribution in [0.25, 0.3) is 0 Å². The average Bonchev–Trinajstić information content (AvgIpc) is 2.37. The molecule has 17 heavy (non-hydrogen) atoms. The summed E-state index contributed by atoms with van der Waals surface area (Å²) < 4.78 is 0. The van der Waals surface area contributed by atoms with Crippen LogP contribution in [0.3, 0.4) is 0 Å². The van der Waals surface area contributed by atoms with Crippen LogP contribution >= 0.6 is 7.26 Å². The quantitative estimate of drug-likeness (QED) is 0.549. The van der Waals surface area contributed by atoms with E-state index in [1.54, 1.807) is 6.16 Å². The van der Waals surface area contributed by atoms with Crippen LogP contribution in [-0.4, -0.2) is 24.6 Å². The van der Waals surface area contributed by atoms with Crippen molar-refractivity contribution in [3.63, 3.8) is 0 Å². The fraction of sp³-hybridized carbons (Fsp3) is 1.00. The normalized spacial score (nSPS) is 26.5. The largest absolute Gasteiger partial charge is 0.0625 e. The molecule has 102 valence electrons. The Balaban J connectivity index is 2.44. The summed E-state index contributed by atoms with van der Waals surface area (Å²) in [5, 5.41) is 0. The Kier molecular flexibility index (Phi) is 6.49. The van der Waals surface area contributed by atoms with Gasteiger partial charge in [-0.15, -0.1) is 0 Å². The van der Waals surface area contributed by atoms with E-state index in [0.29, 0.717) is 0 Å². The molecular formula is C16H34P+. The topological polar surface area (TPSA) is 0 Å². The first kappa shape index (κ1) is 15.5. The van der Waals surface area contributed by atoms with Gasteiger partial charge in [0.25, 0.3) is 0 Å². The SMILES string of the molecule is CC[P+](CC)(CC)CC1CCC(C(C)C)CC1. The van der Waals surface area contributed by atoms with E-state index in [1.807, 2.05) is 0 Å². The van der Waals surface area contributed by atoms with Crippen molar-refractivity contribution in [2.24, 2.45) is 17.8 Å². The zero-order valence-electron chi connectivity index (χ0n) is 12.8. The Morgan fingerprint density at radius 3 is 1.71 bits per heavy atom. The van der Waals surface area contributed by atoms with Gasteiger partial charge in [0.1, 0.15) is 0 Å². The van der Waals surface area contributed by atoms with Crippen molar-refractivity contribution in [2.75, 3.05) is 24.6 Å². The molecule has 0 nitrogen and oxygen atoms in total. The first-order valence-electron chi connectivity index (χ1n) is 7.92. The zero-order chi connectivity index (χ0) is 12.9. The summed E-state index contributed by atoms with van der Waals surface area (Å²) in [5.74, 6) is 3.03. The minimum atomic E-state index is -0.551. The molecule has 0 aromatic carbocycles. The Bertz CT molecular complexity index is 189. The van der Waals surface area contributed by atoms with Crippen LogP contribution in [0.1, 0.15) is 60.3 Å². The second-order valence-corrected chi connectivity index (χ2v) is 11.4. The van der Waals surface area contributed by atoms with Gasteiger partial charge in [-0.25, -0.2) is 0 Å². The van der Waals surface area contributed by atoms with Crippen molar-refractivity contribution in [1.82, 2.24) is 0 Å². The predicted molar refractivity (Wildman–Crippen MR) is 83.7 cm³/mol. The monoisotopic (exact) mass is 257 g/mol. The highest BCUT2D eigenvalue weighted by Gasteiger charge is 2.36. The van der Waals surface area contributed by atoms with Gasteiger partial charge in [-0.05, 0) is 64.2 Å². The molecule has 0 unspecified atom stereocenters. The van der Waals surface area contributed by atoms with Crippen molar-refractivity contribution in [3.05, 3.63) is 0 Å². The van der Waals surface area contributed by atoms with Gasteiger partial charge in [0.2, 0.25) is 0 Å². The van der Waals surface area contributed by atoms with Crippen LogP contribution in [-0.2, 0) is 0 Å². The van der Waals surface area contributed by atoms with Crippen LogP contribution in [0.4, 0.5) is 0 Å². The van der Waals surface area contributed by atoms with Gasteiger partial charge >= 0.3 is 0 Å². The third-order valence-electron chi connectivity index (χ3n) is 5.49. The molecule has 0 radical (unpaired) electrons. The number of hydrogen-bond acceptors (Lipinski definition) is 0. The summed E-state index contributed by atoms with van der Waals surface area (Å²) in [7, 11) is -0.551. The summed E-state index contributed by atoms with van der Waals surface area (Å²) in [4.78, 5) is 0. The van der Waals surface area contributed by atoms with E-state index in [0.717, 1.165) is 17.8 Å². The Morgan fingerprint density at radius 1 is 0.882 bits per heavy atom. The minimum Gasteiger partial charge on any atom is -0.0625 e. The molecule has 1 aliphatic rings. The first-order chi connectivity index (χ1) is 8.06. The highest BCUT2D eigenvalue weighted by molar-refractivity contribution is 7.75. The molecule has 0 aromatic rings. The Morgan fingerprint density at radius 2 is 1.35 bits per heavy atom. The summed E-state index contributed by atoms with van der Waals surface area (Å²) in [6.07, 6.45) is 12.2. The van der Waals surface area contributed by atoms with Crippen LogP contribution in [0.2, 0.25) is 0 Å². The van der Waals surface area contributed by atoms with Crippen LogP contribution < -0.4 is 0 Å². The van der Waals surface area contributed by atoms with Crippen molar-refractivity contribution in [2.45, 2.75) is 60.3 Å². The zero-order valence-corrected chi connectivity index (χ0v) is 13.7. The smallest absolute Gasteiger partial charge is 0.0622 e. The predicted octanol–water partition coefficient (Wildman–Crippen LogP) is 5.53. The number of hydrogen-bond donors (Lipinski definition) is 0. The van der Waals surface area contributed by atoms with Crippen molar-refractivity contribution in [3.8, 4) is 0 Å². The van der Waals surface area contributed by atoms with Crippen molar-refractivity contribution >= 4 is 7.26 Å². The van der Waals surface area contributed by atoms with Crippen LogP contribution in [0.15, 0.2) is 0 Å². The molecule has 1 aliphatic carbocycles. The fourth-order valence-corrected chi connectivity index (χ4v) is 7.22. The van der Waals surface area contributed by atoms with E-state index in [4.69, 9.17) is 0 Å². The molecule has 0 atom stereocenters. The second-order valence-electron chi connectivity index (χ2n) is 6.50. The maximum Gasteiger partial charge on any atom is 0.0622 e. The van der Waals surface area contributed by atoms with Gasteiger partial charge < -0.3 is 0 Å². The second kappa shape index (κ2) is 7.13. The van der Waals surface area contributed by atoms with Gasteiger partial charge in [0.15, 0.2) is 0 Å². The van der Waals surface area contributed by atoms with Crippen molar-refractivity contribution < 1.29 is 0 Å². The first-order valence-corrected chi connectivity index (χ1v) is 10.4. The van der Waals surface area contributed by atoms with Gasteiger partial charge in [0.05, 0.1) is 24.6 Å². The maximum atomic E-state index is 2.44. The Hall–Kier alpha value is 0.430. The molecule has 0 amide bonds. The summed E-state index contributed by atoms with van der Waals surface area (Å²) >= 11 is 0. The maximum absolute atomic E-state index is 2.44. The molecule has 1 rings (SSSR count). The lowest BCUT2D eigenvalue weighted by Gasteiger charge is -2.34. The summed E-state index contributed by atoms with van der Waals surface area (Å²) in [6, 6.07) is 0. The molecule has 0 heterocycles. The number of rotatable bonds is 6. The molecule has 0 bridgehead atoms. The molecule has 1 heteroatoms. The third-order valence-corrected chi connectivity index (χ3v) is 10.8. The minimum absolute atomic E-state index is 0.551. The van der Waals surface area contributed by atoms with E-state index in [9.17, 15) is 0 Å². The standard InChI is InChI=1S/C16H34P/c1-6-17(7-2,8-3)13-15-9-11-16(12-10-15)14(4)5/h14-16H,6-13H2,1-5H3/q+1. The van der Waals surface area contributed by atoms with Crippen LogP contribution in [0, 0.1) is 17.8 Å². The van der Waals surface area contributed by atoms with Gasteiger partial charge in [-0.2, -0.15) is 0 Å². The highest BCUT2D eigenvalue weighted by Crippen LogP contribution is 2.60. The van der Waals surface area contributed by atoms with Crippen molar-refractivity contribution in [1.29, 1.82) is 0 Å². The molecule has 0 saturated heterocycles. The van der Waals surface area contributed by atoms with E-state index < -0.39 is 7.26 Å². The summed E-state index contributed by atoms with van der Waals surface area (Å²) in [6.45, 7) is 12.2. The molecule has 0 aromatic heterocycles. The van der Waals surface area contributed by atoms with Gasteiger partial charge in [-0.3, -0.25) is 0 Å². The lowest BCUT2D eigenvalue weighted by molar-refractivity contribution is 0.236. The Labute approximate surface area is 110 Å². The molecule has 1 saturated carbocycles. The molecule has 0 aliphatic heterocycles. The summed E-state index contributed by atoms with van der Waals surface area (Å²) in [5.41, 5.74) is 0. The van der Waals surface area contributed by atoms with Gasteiger partial charge in [0, 0.05) is 7.26 Å². The van der Waals surface area contributed by atoms with E-state index >= 15 is 0 Å². The molecule has 1 fully saturated rings. The molecule has 0 N–H and O–H groups in total. The average molecular weight is 257 g/mol. The van der Waals surface area contributed by atoms with Crippen LogP contribution in [0.5, 0.6) is 0 Å². The van der Waals surface area contributed by atoms with Gasteiger partial charge in [-0.1, -0.05) is 13.8 Å². The van der Waals surface area contributed by atoms with E-state index in [-0.39, 0.29) is 0 Å².